The van der Waals surface area contributed by atoms with Gasteiger partial charge in [0.15, 0.2) is 11.7 Å². The van der Waals surface area contributed by atoms with Crippen LogP contribution in [-0.2, 0) is 11.3 Å². The number of hydrogen-bond donors (Lipinski definition) is 2. The summed E-state index contributed by atoms with van der Waals surface area (Å²) in [7, 11) is 0. The maximum Gasteiger partial charge on any atom is 0.191 e. The van der Waals surface area contributed by atoms with Gasteiger partial charge in [0.1, 0.15) is 6.54 Å². The largest absolute Gasteiger partial charge is 0.380 e. The van der Waals surface area contributed by atoms with E-state index < -0.39 is 0 Å². The molecule has 0 atom stereocenters. The van der Waals surface area contributed by atoms with E-state index in [2.05, 4.69) is 48.5 Å². The first-order chi connectivity index (χ1) is 10.0. The van der Waals surface area contributed by atoms with Gasteiger partial charge in [-0.3, -0.25) is 0 Å². The number of hydrogen-bond acceptors (Lipinski definition) is 4. The fourth-order valence-corrected chi connectivity index (χ4v) is 2.02. The third kappa shape index (κ3) is 5.42. The highest BCUT2D eigenvalue weighted by Crippen LogP contribution is 2.24. The smallest absolute Gasteiger partial charge is 0.191 e. The van der Waals surface area contributed by atoms with E-state index in [-0.39, 0.29) is 29.4 Å². The highest BCUT2D eigenvalue weighted by Gasteiger charge is 2.33. The fourth-order valence-electron chi connectivity index (χ4n) is 2.02. The van der Waals surface area contributed by atoms with E-state index >= 15 is 0 Å². The van der Waals surface area contributed by atoms with Crippen LogP contribution in [0.5, 0.6) is 0 Å². The van der Waals surface area contributed by atoms with Gasteiger partial charge < -0.3 is 19.9 Å². The monoisotopic (exact) mass is 422 g/mol. The third-order valence-electron chi connectivity index (χ3n) is 3.49. The first kappa shape index (κ1) is 19.2. The zero-order valence-electron chi connectivity index (χ0n) is 13.8. The molecule has 2 N–H and O–H groups in total. The van der Waals surface area contributed by atoms with Crippen molar-refractivity contribution in [3.05, 3.63) is 17.5 Å². The van der Waals surface area contributed by atoms with Crippen LogP contribution in [0.25, 0.3) is 0 Å². The Morgan fingerprint density at radius 1 is 1.41 bits per heavy atom. The van der Waals surface area contributed by atoms with Gasteiger partial charge >= 0.3 is 0 Å². The minimum atomic E-state index is 0. The zero-order valence-corrected chi connectivity index (χ0v) is 16.1. The maximum absolute atomic E-state index is 5.30. The van der Waals surface area contributed by atoms with Crippen LogP contribution in [0.15, 0.2) is 15.6 Å². The summed E-state index contributed by atoms with van der Waals surface area (Å²) in [5, 5.41) is 10.6. The average molecular weight is 422 g/mol. The molecule has 6 nitrogen and oxygen atoms in total. The van der Waals surface area contributed by atoms with Crippen LogP contribution in [0.4, 0.5) is 0 Å². The Kier molecular flexibility index (Phi) is 7.61. The van der Waals surface area contributed by atoms with Crippen molar-refractivity contribution in [3.8, 4) is 0 Å². The van der Waals surface area contributed by atoms with Crippen molar-refractivity contribution in [1.82, 2.24) is 15.8 Å². The molecule has 1 aliphatic heterocycles. The summed E-state index contributed by atoms with van der Waals surface area (Å²) in [6, 6.07) is 1.97. The molecule has 126 valence electrons. The van der Waals surface area contributed by atoms with Gasteiger partial charge in [0.05, 0.1) is 18.9 Å². The number of nitrogens with zero attached hydrogens (tertiary/aromatic N) is 2. The van der Waals surface area contributed by atoms with Crippen LogP contribution in [-0.4, -0.2) is 37.4 Å². The van der Waals surface area contributed by atoms with Gasteiger partial charge in [0.2, 0.25) is 0 Å². The highest BCUT2D eigenvalue weighted by molar-refractivity contribution is 14.0. The Bertz CT molecular complexity index is 484. The second-order valence-corrected chi connectivity index (χ2v) is 6.22. The van der Waals surface area contributed by atoms with Gasteiger partial charge in [-0.25, -0.2) is 4.99 Å². The Labute approximate surface area is 149 Å². The molecule has 0 saturated carbocycles. The molecule has 1 saturated heterocycles. The summed E-state index contributed by atoms with van der Waals surface area (Å²) < 4.78 is 10.6. The van der Waals surface area contributed by atoms with E-state index in [1.54, 1.807) is 0 Å². The van der Waals surface area contributed by atoms with Crippen LogP contribution < -0.4 is 10.6 Å². The van der Waals surface area contributed by atoms with Crippen molar-refractivity contribution in [1.29, 1.82) is 0 Å². The van der Waals surface area contributed by atoms with Gasteiger partial charge in [0.25, 0.3) is 0 Å². The first-order valence-corrected chi connectivity index (χ1v) is 7.58. The molecule has 0 aliphatic carbocycles. The van der Waals surface area contributed by atoms with Crippen molar-refractivity contribution in [3.63, 3.8) is 0 Å². The third-order valence-corrected chi connectivity index (χ3v) is 3.49. The average Bonchev–Trinajstić information content (AvgIpc) is 2.89. The molecule has 0 aromatic carbocycles. The van der Waals surface area contributed by atoms with Crippen LogP contribution in [0.2, 0.25) is 0 Å². The van der Waals surface area contributed by atoms with E-state index in [0.29, 0.717) is 12.5 Å². The molecular formula is C15H27IN4O2. The van der Waals surface area contributed by atoms with E-state index in [1.165, 1.54) is 0 Å². The van der Waals surface area contributed by atoms with Gasteiger partial charge in [-0.05, 0) is 12.8 Å². The van der Waals surface area contributed by atoms with Crippen molar-refractivity contribution in [2.75, 3.05) is 26.3 Å². The quantitative estimate of drug-likeness (QED) is 0.419. The van der Waals surface area contributed by atoms with Crippen LogP contribution >= 0.6 is 24.0 Å². The molecule has 0 amide bonds. The Balaban J connectivity index is 0.00000242. The summed E-state index contributed by atoms with van der Waals surface area (Å²) in [6.45, 7) is 12.2. The molecule has 1 aromatic rings. The van der Waals surface area contributed by atoms with Crippen LogP contribution in [0, 0.1) is 5.41 Å². The molecule has 0 spiro atoms. The van der Waals surface area contributed by atoms with Gasteiger partial charge in [-0.1, -0.05) is 25.9 Å². The van der Waals surface area contributed by atoms with E-state index in [4.69, 9.17) is 9.26 Å². The molecule has 1 fully saturated rings. The van der Waals surface area contributed by atoms with E-state index in [0.717, 1.165) is 43.7 Å². The maximum atomic E-state index is 5.30. The molecule has 22 heavy (non-hydrogen) atoms. The standard InChI is InChI=1S/C15H26N4O2.HI/c1-5-16-14(18-8-15(4)9-20-10-15)17-7-12-6-13(11(2)3)19-21-12;/h6,11H,5,7-10H2,1-4H3,(H2,16,17,18);1H. The second kappa shape index (κ2) is 8.71. The normalized spacial score (nSPS) is 16.9. The lowest BCUT2D eigenvalue weighted by atomic mass is 9.89. The van der Waals surface area contributed by atoms with Crippen molar-refractivity contribution in [2.45, 2.75) is 40.2 Å². The zero-order chi connectivity index (χ0) is 15.3. The SMILES string of the molecule is CCNC(=NCc1cc(C(C)C)no1)NCC1(C)COC1.I. The Morgan fingerprint density at radius 3 is 2.64 bits per heavy atom. The minimum Gasteiger partial charge on any atom is -0.380 e. The van der Waals surface area contributed by atoms with Gasteiger partial charge in [-0.15, -0.1) is 24.0 Å². The number of guanidine groups is 1. The lowest BCUT2D eigenvalue weighted by Crippen LogP contribution is -2.51. The number of rotatable bonds is 6. The van der Waals surface area contributed by atoms with Crippen molar-refractivity contribution in [2.24, 2.45) is 10.4 Å². The minimum absolute atomic E-state index is 0. The molecule has 1 aliphatic rings. The summed E-state index contributed by atoms with van der Waals surface area (Å²) in [6.07, 6.45) is 0. The van der Waals surface area contributed by atoms with Crippen LogP contribution in [0.3, 0.4) is 0 Å². The summed E-state index contributed by atoms with van der Waals surface area (Å²) in [5.41, 5.74) is 1.19. The Morgan fingerprint density at radius 2 is 2.14 bits per heavy atom. The lowest BCUT2D eigenvalue weighted by Gasteiger charge is -2.38. The predicted molar refractivity (Wildman–Crippen MR) is 97.8 cm³/mol. The molecule has 0 bridgehead atoms. The predicted octanol–water partition coefficient (Wildman–Crippen LogP) is 2.51. The van der Waals surface area contributed by atoms with Gasteiger partial charge in [0, 0.05) is 24.6 Å². The van der Waals surface area contributed by atoms with Crippen LogP contribution in [0.1, 0.15) is 45.1 Å². The Hall–Kier alpha value is -0.830. The number of halogens is 1. The summed E-state index contributed by atoms with van der Waals surface area (Å²) in [5.74, 6) is 1.96. The van der Waals surface area contributed by atoms with E-state index in [9.17, 15) is 0 Å². The number of nitrogens with one attached hydrogen (secondary N) is 2. The topological polar surface area (TPSA) is 71.7 Å². The fraction of sp³-hybridized carbons (Fsp3) is 0.733. The molecule has 2 heterocycles. The summed E-state index contributed by atoms with van der Waals surface area (Å²) >= 11 is 0. The van der Waals surface area contributed by atoms with Gasteiger partial charge in [-0.2, -0.15) is 0 Å². The van der Waals surface area contributed by atoms with Crippen molar-refractivity contribution >= 4 is 29.9 Å². The number of aliphatic imine (C=N–C) groups is 1. The molecule has 7 heteroatoms. The molecule has 2 rings (SSSR count). The molecule has 0 unspecified atom stereocenters. The van der Waals surface area contributed by atoms with Crippen molar-refractivity contribution < 1.29 is 9.26 Å². The molecule has 1 aromatic heterocycles. The number of aromatic nitrogens is 1. The van der Waals surface area contributed by atoms with E-state index in [1.807, 2.05) is 6.07 Å². The lowest BCUT2D eigenvalue weighted by molar-refractivity contribution is -0.0971. The molecule has 0 radical (unpaired) electrons. The number of ether oxygens (including phenoxy) is 1. The molecular weight excluding hydrogens is 395 g/mol. The first-order valence-electron chi connectivity index (χ1n) is 7.58. The summed E-state index contributed by atoms with van der Waals surface area (Å²) in [4.78, 5) is 4.54. The highest BCUT2D eigenvalue weighted by atomic mass is 127. The second-order valence-electron chi connectivity index (χ2n) is 6.22.